The predicted octanol–water partition coefficient (Wildman–Crippen LogP) is 3.29. The Kier molecular flexibility index (Phi) is 5.34. The van der Waals surface area contributed by atoms with Gasteiger partial charge >= 0.3 is 0 Å². The van der Waals surface area contributed by atoms with Crippen LogP contribution in [0.1, 0.15) is 37.7 Å². The molecule has 2 rings (SSSR count). The van der Waals surface area contributed by atoms with E-state index in [1.165, 1.54) is 44.2 Å². The molecule has 1 aliphatic carbocycles. The summed E-state index contributed by atoms with van der Waals surface area (Å²) in [6, 6.07) is 6.58. The summed E-state index contributed by atoms with van der Waals surface area (Å²) < 4.78 is 18.5. The molecule has 19 heavy (non-hydrogen) atoms. The van der Waals surface area contributed by atoms with Gasteiger partial charge in [0.05, 0.1) is 6.10 Å². The Morgan fingerprint density at radius 3 is 2.42 bits per heavy atom. The average Bonchev–Trinajstić information content (AvgIpc) is 2.43. The van der Waals surface area contributed by atoms with Crippen LogP contribution in [0.4, 0.5) is 4.39 Å². The molecule has 3 heteroatoms. The zero-order valence-corrected chi connectivity index (χ0v) is 11.6. The van der Waals surface area contributed by atoms with Crippen LogP contribution in [0.15, 0.2) is 24.3 Å². The van der Waals surface area contributed by atoms with Crippen molar-refractivity contribution >= 4 is 0 Å². The first-order valence-corrected chi connectivity index (χ1v) is 7.23. The maximum atomic E-state index is 12.9. The fraction of sp³-hybridized carbons (Fsp3) is 0.625. The van der Waals surface area contributed by atoms with E-state index in [4.69, 9.17) is 10.5 Å². The first-order valence-electron chi connectivity index (χ1n) is 7.23. The summed E-state index contributed by atoms with van der Waals surface area (Å²) >= 11 is 0. The second kappa shape index (κ2) is 7.01. The van der Waals surface area contributed by atoms with Gasteiger partial charge < -0.3 is 10.5 Å². The quantitative estimate of drug-likeness (QED) is 0.886. The van der Waals surface area contributed by atoms with Gasteiger partial charge in [-0.15, -0.1) is 0 Å². The second-order valence-electron chi connectivity index (χ2n) is 5.59. The van der Waals surface area contributed by atoms with E-state index < -0.39 is 0 Å². The van der Waals surface area contributed by atoms with Crippen LogP contribution in [-0.4, -0.2) is 19.3 Å². The topological polar surface area (TPSA) is 35.2 Å². The Balaban J connectivity index is 1.95. The molecule has 0 radical (unpaired) electrons. The lowest BCUT2D eigenvalue weighted by Gasteiger charge is -2.33. The van der Waals surface area contributed by atoms with Crippen molar-refractivity contribution in [3.8, 4) is 0 Å². The third-order valence-corrected chi connectivity index (χ3v) is 4.19. The fourth-order valence-electron chi connectivity index (χ4n) is 3.19. The lowest BCUT2D eigenvalue weighted by atomic mass is 9.81. The first kappa shape index (κ1) is 14.5. The third-order valence-electron chi connectivity index (χ3n) is 4.19. The number of nitrogens with two attached hydrogens (primary N) is 1. The fourth-order valence-corrected chi connectivity index (χ4v) is 3.19. The number of rotatable bonds is 5. The number of ether oxygens (including phenoxy) is 1. The third kappa shape index (κ3) is 4.02. The van der Waals surface area contributed by atoms with Crippen LogP contribution in [0.2, 0.25) is 0 Å². The lowest BCUT2D eigenvalue weighted by molar-refractivity contribution is 0.0179. The van der Waals surface area contributed by atoms with Crippen molar-refractivity contribution in [1.82, 2.24) is 0 Å². The minimum atomic E-state index is -0.201. The van der Waals surface area contributed by atoms with Crippen molar-refractivity contribution in [3.05, 3.63) is 35.6 Å². The SMILES string of the molecule is COC(C(N)Cc1ccc(F)cc1)C1CCCCC1. The van der Waals surface area contributed by atoms with Gasteiger partial charge in [-0.25, -0.2) is 4.39 Å². The molecule has 2 nitrogen and oxygen atoms in total. The Bertz CT molecular complexity index is 373. The molecule has 2 N–H and O–H groups in total. The van der Waals surface area contributed by atoms with Gasteiger partial charge in [0.25, 0.3) is 0 Å². The summed E-state index contributed by atoms with van der Waals surface area (Å²) in [4.78, 5) is 0. The molecule has 0 saturated heterocycles. The summed E-state index contributed by atoms with van der Waals surface area (Å²) in [7, 11) is 1.75. The van der Waals surface area contributed by atoms with Crippen molar-refractivity contribution in [1.29, 1.82) is 0 Å². The van der Waals surface area contributed by atoms with Crippen LogP contribution in [0.25, 0.3) is 0 Å². The number of hydrogen-bond donors (Lipinski definition) is 1. The van der Waals surface area contributed by atoms with Crippen molar-refractivity contribution in [2.24, 2.45) is 11.7 Å². The van der Waals surface area contributed by atoms with Gasteiger partial charge in [0, 0.05) is 13.2 Å². The first-order chi connectivity index (χ1) is 9.20. The Labute approximate surface area is 115 Å². The van der Waals surface area contributed by atoms with Crippen molar-refractivity contribution in [2.45, 2.75) is 50.7 Å². The smallest absolute Gasteiger partial charge is 0.123 e. The van der Waals surface area contributed by atoms with E-state index in [9.17, 15) is 4.39 Å². The maximum Gasteiger partial charge on any atom is 0.123 e. The molecular formula is C16H24FNO. The number of halogens is 1. The Morgan fingerprint density at radius 1 is 1.21 bits per heavy atom. The number of methoxy groups -OCH3 is 1. The molecule has 1 saturated carbocycles. The summed E-state index contributed by atoms with van der Waals surface area (Å²) in [6.07, 6.45) is 7.20. The predicted molar refractivity (Wildman–Crippen MR) is 75.5 cm³/mol. The van der Waals surface area contributed by atoms with E-state index in [1.54, 1.807) is 7.11 Å². The molecule has 1 aromatic carbocycles. The molecule has 106 valence electrons. The van der Waals surface area contributed by atoms with E-state index in [0.29, 0.717) is 5.92 Å². The molecule has 1 aliphatic rings. The minimum absolute atomic E-state index is 0.0152. The monoisotopic (exact) mass is 265 g/mol. The molecule has 2 atom stereocenters. The van der Waals surface area contributed by atoms with E-state index in [0.717, 1.165) is 12.0 Å². The highest BCUT2D eigenvalue weighted by Crippen LogP contribution is 2.29. The van der Waals surface area contributed by atoms with Gasteiger partial charge in [0.1, 0.15) is 5.82 Å². The molecular weight excluding hydrogens is 241 g/mol. The van der Waals surface area contributed by atoms with Crippen LogP contribution in [0.5, 0.6) is 0 Å². The van der Waals surface area contributed by atoms with E-state index in [1.807, 2.05) is 12.1 Å². The highest BCUT2D eigenvalue weighted by Gasteiger charge is 2.28. The average molecular weight is 265 g/mol. The number of benzene rings is 1. The molecule has 0 heterocycles. The van der Waals surface area contributed by atoms with E-state index >= 15 is 0 Å². The highest BCUT2D eigenvalue weighted by molar-refractivity contribution is 5.17. The molecule has 0 bridgehead atoms. The van der Waals surface area contributed by atoms with Gasteiger partial charge in [0.2, 0.25) is 0 Å². The van der Waals surface area contributed by atoms with Gasteiger partial charge in [-0.1, -0.05) is 31.4 Å². The van der Waals surface area contributed by atoms with Crippen molar-refractivity contribution in [2.75, 3.05) is 7.11 Å². The minimum Gasteiger partial charge on any atom is -0.380 e. The van der Waals surface area contributed by atoms with Crippen LogP contribution < -0.4 is 5.73 Å². The zero-order chi connectivity index (χ0) is 13.7. The molecule has 0 spiro atoms. The summed E-state index contributed by atoms with van der Waals surface area (Å²) in [5, 5.41) is 0. The van der Waals surface area contributed by atoms with Gasteiger partial charge in [-0.05, 0) is 42.9 Å². The van der Waals surface area contributed by atoms with Crippen LogP contribution in [-0.2, 0) is 11.2 Å². The molecule has 1 aromatic rings. The standard InChI is InChI=1S/C16H24FNO/c1-19-16(13-5-3-2-4-6-13)15(18)11-12-7-9-14(17)10-8-12/h7-10,13,15-16H,2-6,11,18H2,1H3. The summed E-state index contributed by atoms with van der Waals surface area (Å²) in [6.45, 7) is 0. The van der Waals surface area contributed by atoms with Gasteiger partial charge in [-0.3, -0.25) is 0 Å². The molecule has 1 fully saturated rings. The second-order valence-corrected chi connectivity index (χ2v) is 5.59. The molecule has 0 aliphatic heterocycles. The Hall–Kier alpha value is -0.930. The van der Waals surface area contributed by atoms with Crippen LogP contribution in [0, 0.1) is 11.7 Å². The number of hydrogen-bond acceptors (Lipinski definition) is 2. The molecule has 0 amide bonds. The highest BCUT2D eigenvalue weighted by atomic mass is 19.1. The Morgan fingerprint density at radius 2 is 1.84 bits per heavy atom. The zero-order valence-electron chi connectivity index (χ0n) is 11.6. The van der Waals surface area contributed by atoms with E-state index in [2.05, 4.69) is 0 Å². The van der Waals surface area contributed by atoms with Gasteiger partial charge in [0.15, 0.2) is 0 Å². The van der Waals surface area contributed by atoms with Crippen molar-refractivity contribution < 1.29 is 9.13 Å². The van der Waals surface area contributed by atoms with Crippen LogP contribution >= 0.6 is 0 Å². The summed E-state index contributed by atoms with van der Waals surface area (Å²) in [5.41, 5.74) is 7.39. The van der Waals surface area contributed by atoms with Crippen molar-refractivity contribution in [3.63, 3.8) is 0 Å². The normalized spacial score (nSPS) is 20.2. The maximum absolute atomic E-state index is 12.9. The largest absolute Gasteiger partial charge is 0.380 e. The molecule has 0 aromatic heterocycles. The van der Waals surface area contributed by atoms with E-state index in [-0.39, 0.29) is 18.0 Å². The summed E-state index contributed by atoms with van der Waals surface area (Å²) in [5.74, 6) is 0.377. The molecule has 2 unspecified atom stereocenters. The lowest BCUT2D eigenvalue weighted by Crippen LogP contribution is -2.43. The van der Waals surface area contributed by atoms with Crippen LogP contribution in [0.3, 0.4) is 0 Å². The van der Waals surface area contributed by atoms with Gasteiger partial charge in [-0.2, -0.15) is 0 Å².